The number of nitrogens with one attached hydrogen (secondary N) is 1. The number of hydrazone groups is 1. The maximum absolute atomic E-state index is 13.2. The normalized spacial score (nSPS) is 13.4. The number of carbonyl (C=O) groups excluding carboxylic acids is 1. The summed E-state index contributed by atoms with van der Waals surface area (Å²) in [6.45, 7) is 0. The van der Waals surface area contributed by atoms with E-state index in [2.05, 4.69) is 15.3 Å². The molecular formula is C17H12F6N2O2. The van der Waals surface area contributed by atoms with Crippen molar-refractivity contribution in [3.8, 4) is 5.75 Å². The third kappa shape index (κ3) is 5.73. The summed E-state index contributed by atoms with van der Waals surface area (Å²) in [7, 11) is 0. The summed E-state index contributed by atoms with van der Waals surface area (Å²) in [5, 5.41) is 3.66. The Hall–Kier alpha value is -3.04. The number of hydrogen-bond acceptors (Lipinski definition) is 3. The van der Waals surface area contributed by atoms with Gasteiger partial charge in [0, 0.05) is 5.56 Å². The molecule has 0 aliphatic rings. The van der Waals surface area contributed by atoms with E-state index in [0.717, 1.165) is 12.1 Å². The van der Waals surface area contributed by atoms with Gasteiger partial charge in [-0.25, -0.2) is 9.82 Å². The average Bonchev–Trinajstić information content (AvgIpc) is 2.62. The molecule has 0 radical (unpaired) electrons. The highest BCUT2D eigenvalue weighted by atomic mass is 19.4. The van der Waals surface area contributed by atoms with Gasteiger partial charge in [0.15, 0.2) is 0 Å². The second-order valence-electron chi connectivity index (χ2n) is 5.20. The van der Waals surface area contributed by atoms with Crippen molar-refractivity contribution in [3.63, 3.8) is 0 Å². The Morgan fingerprint density at radius 2 is 1.59 bits per heavy atom. The average molecular weight is 390 g/mol. The predicted molar refractivity (Wildman–Crippen MR) is 84.5 cm³/mol. The molecule has 4 nitrogen and oxygen atoms in total. The topological polar surface area (TPSA) is 50.7 Å². The van der Waals surface area contributed by atoms with Crippen LogP contribution in [0.2, 0.25) is 0 Å². The molecule has 0 aliphatic carbocycles. The van der Waals surface area contributed by atoms with E-state index in [1.165, 1.54) is 18.3 Å². The van der Waals surface area contributed by atoms with E-state index in [1.807, 2.05) is 0 Å². The van der Waals surface area contributed by atoms with Crippen molar-refractivity contribution < 1.29 is 35.9 Å². The highest BCUT2D eigenvalue weighted by Crippen LogP contribution is 2.36. The van der Waals surface area contributed by atoms with Gasteiger partial charge in [0.05, 0.1) is 6.21 Å². The lowest BCUT2D eigenvalue weighted by atomic mass is 10.2. The number of ether oxygens (including phenoxy) is 1. The minimum atomic E-state index is -5.76. The van der Waals surface area contributed by atoms with Crippen LogP contribution in [0.5, 0.6) is 5.75 Å². The lowest BCUT2D eigenvalue weighted by Gasteiger charge is -2.23. The molecule has 1 N–H and O–H groups in total. The first-order valence-electron chi connectivity index (χ1n) is 7.36. The van der Waals surface area contributed by atoms with Crippen LogP contribution in [0.3, 0.4) is 0 Å². The van der Waals surface area contributed by atoms with Gasteiger partial charge in [-0.1, -0.05) is 18.2 Å². The molecule has 0 saturated heterocycles. The monoisotopic (exact) mass is 390 g/mol. The fourth-order valence-electron chi connectivity index (χ4n) is 1.84. The standard InChI is InChI=1S/C17H12F6N2O2/c18-15(16(19,20)21)17(22,23)27-13-8-6-11(7-9-13)10-24-25-14(26)12-4-2-1-3-5-12/h1-10,15H,(H,25,26)/b24-10-/t15-/m0/s1. The first kappa shape index (κ1) is 20.3. The summed E-state index contributed by atoms with van der Waals surface area (Å²) in [5.41, 5.74) is 2.93. The van der Waals surface area contributed by atoms with Gasteiger partial charge in [-0.3, -0.25) is 4.79 Å². The molecule has 0 unspecified atom stereocenters. The molecule has 1 amide bonds. The smallest absolute Gasteiger partial charge is 0.430 e. The van der Waals surface area contributed by atoms with E-state index in [1.54, 1.807) is 30.3 Å². The Morgan fingerprint density at radius 3 is 2.15 bits per heavy atom. The number of carbonyl (C=O) groups is 1. The number of benzene rings is 2. The SMILES string of the molecule is O=C(N/N=C\c1ccc(OC(F)(F)[C@@H](F)C(F)(F)F)cc1)c1ccccc1. The summed E-state index contributed by atoms with van der Waals surface area (Å²) in [4.78, 5) is 11.7. The lowest BCUT2D eigenvalue weighted by molar-refractivity contribution is -0.304. The second kappa shape index (κ2) is 8.11. The van der Waals surface area contributed by atoms with Gasteiger partial charge < -0.3 is 4.74 Å². The number of alkyl halides is 6. The Balaban J connectivity index is 1.96. The van der Waals surface area contributed by atoms with Crippen LogP contribution in [0.15, 0.2) is 59.7 Å². The van der Waals surface area contributed by atoms with E-state index in [0.29, 0.717) is 11.1 Å². The molecule has 0 aliphatic heterocycles. The summed E-state index contributed by atoms with van der Waals surface area (Å²) >= 11 is 0. The van der Waals surface area contributed by atoms with Crippen LogP contribution in [0.4, 0.5) is 26.3 Å². The number of rotatable bonds is 6. The fraction of sp³-hybridized carbons (Fsp3) is 0.176. The van der Waals surface area contributed by atoms with Gasteiger partial charge in [0.25, 0.3) is 12.1 Å². The number of nitrogens with zero attached hydrogens (tertiary/aromatic N) is 1. The van der Waals surface area contributed by atoms with E-state index in [-0.39, 0.29) is 0 Å². The van der Waals surface area contributed by atoms with Gasteiger partial charge in [0.2, 0.25) is 0 Å². The summed E-state index contributed by atoms with van der Waals surface area (Å²) < 4.78 is 79.1. The largest absolute Gasteiger partial charge is 0.439 e. The predicted octanol–water partition coefficient (Wildman–Crippen LogP) is 4.32. The fourth-order valence-corrected chi connectivity index (χ4v) is 1.84. The highest BCUT2D eigenvalue weighted by molar-refractivity contribution is 5.94. The van der Waals surface area contributed by atoms with Gasteiger partial charge in [-0.15, -0.1) is 0 Å². The molecule has 0 saturated carbocycles. The quantitative estimate of drug-likeness (QED) is 0.454. The van der Waals surface area contributed by atoms with Crippen molar-refractivity contribution in [3.05, 3.63) is 65.7 Å². The van der Waals surface area contributed by atoms with Gasteiger partial charge in [-0.05, 0) is 42.0 Å². The lowest BCUT2D eigenvalue weighted by Crippen LogP contribution is -2.45. The molecule has 2 aromatic rings. The molecule has 10 heteroatoms. The zero-order chi connectivity index (χ0) is 20.1. The van der Waals surface area contributed by atoms with Crippen LogP contribution in [-0.2, 0) is 0 Å². The minimum Gasteiger partial charge on any atom is -0.430 e. The molecule has 2 aromatic carbocycles. The van der Waals surface area contributed by atoms with Crippen molar-refractivity contribution in [2.75, 3.05) is 0 Å². The van der Waals surface area contributed by atoms with E-state index in [9.17, 15) is 31.1 Å². The number of hydrogen-bond donors (Lipinski definition) is 1. The van der Waals surface area contributed by atoms with Crippen molar-refractivity contribution in [1.29, 1.82) is 0 Å². The van der Waals surface area contributed by atoms with E-state index < -0.39 is 30.1 Å². The summed E-state index contributed by atoms with van der Waals surface area (Å²) in [6, 6.07) is 12.4. The Kier molecular flexibility index (Phi) is 6.09. The first-order chi connectivity index (χ1) is 12.6. The molecule has 27 heavy (non-hydrogen) atoms. The molecule has 0 fully saturated rings. The molecule has 144 valence electrons. The molecular weight excluding hydrogens is 378 g/mol. The van der Waals surface area contributed by atoms with Gasteiger partial charge >= 0.3 is 12.3 Å². The summed E-state index contributed by atoms with van der Waals surface area (Å²) in [5.74, 6) is -1.15. The number of halogens is 6. The van der Waals surface area contributed by atoms with Crippen molar-refractivity contribution in [2.45, 2.75) is 18.5 Å². The zero-order valence-corrected chi connectivity index (χ0v) is 13.4. The van der Waals surface area contributed by atoms with Gasteiger partial charge in [0.1, 0.15) is 5.75 Å². The van der Waals surface area contributed by atoms with Crippen LogP contribution < -0.4 is 10.2 Å². The second-order valence-corrected chi connectivity index (χ2v) is 5.20. The van der Waals surface area contributed by atoms with Crippen LogP contribution in [0, 0.1) is 0 Å². The Labute approximate surface area is 149 Å². The molecule has 0 spiro atoms. The van der Waals surface area contributed by atoms with Crippen LogP contribution in [0.1, 0.15) is 15.9 Å². The van der Waals surface area contributed by atoms with Crippen molar-refractivity contribution in [2.24, 2.45) is 5.10 Å². The van der Waals surface area contributed by atoms with Crippen LogP contribution in [-0.4, -0.2) is 30.6 Å². The van der Waals surface area contributed by atoms with Crippen LogP contribution >= 0.6 is 0 Å². The molecule has 1 atom stereocenters. The Morgan fingerprint density at radius 1 is 1.00 bits per heavy atom. The maximum atomic E-state index is 13.2. The van der Waals surface area contributed by atoms with Gasteiger partial charge in [-0.2, -0.15) is 27.1 Å². The molecule has 2 rings (SSSR count). The molecule has 0 bridgehead atoms. The maximum Gasteiger partial charge on any atom is 0.439 e. The van der Waals surface area contributed by atoms with E-state index in [4.69, 9.17) is 0 Å². The molecule has 0 heterocycles. The molecule has 0 aromatic heterocycles. The Bertz CT molecular complexity index is 791. The third-order valence-corrected chi connectivity index (χ3v) is 3.13. The summed E-state index contributed by atoms with van der Waals surface area (Å²) in [6.07, 6.45) is -14.1. The third-order valence-electron chi connectivity index (χ3n) is 3.13. The van der Waals surface area contributed by atoms with E-state index >= 15 is 0 Å². The van der Waals surface area contributed by atoms with Crippen LogP contribution in [0.25, 0.3) is 0 Å². The van der Waals surface area contributed by atoms with Crippen molar-refractivity contribution in [1.82, 2.24) is 5.43 Å². The zero-order valence-electron chi connectivity index (χ0n) is 13.4. The van der Waals surface area contributed by atoms with Crippen molar-refractivity contribution >= 4 is 12.1 Å². The first-order valence-corrected chi connectivity index (χ1v) is 7.36. The number of amides is 1. The minimum absolute atomic E-state index is 0.326. The highest BCUT2D eigenvalue weighted by Gasteiger charge is 2.59.